The second kappa shape index (κ2) is 6.63. The smallest absolute Gasteiger partial charge is 0.238 e. The first-order chi connectivity index (χ1) is 9.54. The number of likely N-dealkylation sites (tertiary alicyclic amines) is 1. The fourth-order valence-corrected chi connectivity index (χ4v) is 2.45. The van der Waals surface area contributed by atoms with Crippen molar-refractivity contribution < 1.29 is 9.59 Å². The van der Waals surface area contributed by atoms with Crippen molar-refractivity contribution in [1.29, 1.82) is 0 Å². The van der Waals surface area contributed by atoms with E-state index >= 15 is 0 Å². The first kappa shape index (κ1) is 14.7. The molecule has 1 unspecified atom stereocenters. The molecule has 1 aliphatic heterocycles. The number of carbonyl (C=O) groups excluding carboxylic acids is 2. The third kappa shape index (κ3) is 4.15. The molecule has 3 N–H and O–H groups in total. The topological polar surface area (TPSA) is 75.4 Å². The van der Waals surface area contributed by atoms with Crippen LogP contribution in [0, 0.1) is 0 Å². The highest BCUT2D eigenvalue weighted by Gasteiger charge is 2.18. The van der Waals surface area contributed by atoms with Crippen molar-refractivity contribution >= 4 is 17.4 Å². The maximum atomic E-state index is 12.0. The summed E-state index contributed by atoms with van der Waals surface area (Å²) in [6.07, 6.45) is 2.06. The minimum Gasteiger partial charge on any atom is -0.327 e. The Balaban J connectivity index is 1.91. The third-order valence-electron chi connectivity index (χ3n) is 3.46. The maximum Gasteiger partial charge on any atom is 0.238 e. The fraction of sp³-hybridized carbons (Fsp3) is 0.467. The van der Waals surface area contributed by atoms with E-state index in [-0.39, 0.29) is 17.7 Å². The van der Waals surface area contributed by atoms with Crippen molar-refractivity contribution in [3.63, 3.8) is 0 Å². The molecule has 5 heteroatoms. The van der Waals surface area contributed by atoms with E-state index in [0.29, 0.717) is 17.8 Å². The molecule has 1 aromatic carbocycles. The zero-order valence-corrected chi connectivity index (χ0v) is 11.8. The summed E-state index contributed by atoms with van der Waals surface area (Å²) >= 11 is 0. The van der Waals surface area contributed by atoms with Gasteiger partial charge in [0, 0.05) is 23.8 Å². The summed E-state index contributed by atoms with van der Waals surface area (Å²) in [7, 11) is 0. The number of anilines is 1. The van der Waals surface area contributed by atoms with Crippen molar-refractivity contribution in [2.24, 2.45) is 5.73 Å². The predicted molar refractivity (Wildman–Crippen MR) is 78.7 cm³/mol. The van der Waals surface area contributed by atoms with E-state index in [0.717, 1.165) is 25.9 Å². The van der Waals surface area contributed by atoms with Gasteiger partial charge in [0.2, 0.25) is 5.91 Å². The summed E-state index contributed by atoms with van der Waals surface area (Å²) in [6, 6.07) is 7.15. The highest BCUT2D eigenvalue weighted by Crippen LogP contribution is 2.12. The Kier molecular flexibility index (Phi) is 4.87. The zero-order chi connectivity index (χ0) is 14.5. The highest BCUT2D eigenvalue weighted by molar-refractivity contribution is 5.97. The number of rotatable bonds is 4. The number of Topliss-reactive ketones (excluding diaryl/α,β-unsaturated/α-hetero) is 1. The Morgan fingerprint density at radius 3 is 2.95 bits per heavy atom. The third-order valence-corrected chi connectivity index (χ3v) is 3.46. The SMILES string of the molecule is CC(=O)c1cccc(NC(=O)CN2CCCC(N)C2)c1. The molecule has 1 aromatic rings. The molecule has 2 rings (SSSR count). The number of benzene rings is 1. The first-order valence-electron chi connectivity index (χ1n) is 6.93. The average molecular weight is 275 g/mol. The number of carbonyl (C=O) groups is 2. The molecular formula is C15H21N3O2. The fourth-order valence-electron chi connectivity index (χ4n) is 2.45. The highest BCUT2D eigenvalue weighted by atomic mass is 16.2. The zero-order valence-electron chi connectivity index (χ0n) is 11.8. The van der Waals surface area contributed by atoms with Gasteiger partial charge in [-0.15, -0.1) is 0 Å². The van der Waals surface area contributed by atoms with Crippen LogP contribution in [0.5, 0.6) is 0 Å². The Morgan fingerprint density at radius 1 is 1.45 bits per heavy atom. The largest absolute Gasteiger partial charge is 0.327 e. The summed E-state index contributed by atoms with van der Waals surface area (Å²) in [6.45, 7) is 3.53. The molecule has 0 aromatic heterocycles. The molecule has 1 atom stereocenters. The molecule has 1 aliphatic rings. The van der Waals surface area contributed by atoms with E-state index in [1.165, 1.54) is 6.92 Å². The van der Waals surface area contributed by atoms with Gasteiger partial charge in [-0.25, -0.2) is 0 Å². The Bertz CT molecular complexity index is 502. The van der Waals surface area contributed by atoms with Crippen molar-refractivity contribution in [3.8, 4) is 0 Å². The number of hydrogen-bond donors (Lipinski definition) is 2. The van der Waals surface area contributed by atoms with Crippen LogP contribution in [0.2, 0.25) is 0 Å². The van der Waals surface area contributed by atoms with E-state index in [2.05, 4.69) is 10.2 Å². The van der Waals surface area contributed by atoms with Gasteiger partial charge in [0.25, 0.3) is 0 Å². The molecule has 0 bridgehead atoms. The van der Waals surface area contributed by atoms with Crippen LogP contribution in [0.1, 0.15) is 30.1 Å². The predicted octanol–water partition coefficient (Wildman–Crippen LogP) is 1.25. The lowest BCUT2D eigenvalue weighted by molar-refractivity contribution is -0.117. The Morgan fingerprint density at radius 2 is 2.25 bits per heavy atom. The molecule has 0 spiro atoms. The second-order valence-electron chi connectivity index (χ2n) is 5.32. The summed E-state index contributed by atoms with van der Waals surface area (Å²) in [5.41, 5.74) is 7.15. The van der Waals surface area contributed by atoms with Crippen LogP contribution in [-0.4, -0.2) is 42.3 Å². The summed E-state index contributed by atoms with van der Waals surface area (Å²) in [5.74, 6) is -0.0806. The van der Waals surface area contributed by atoms with Gasteiger partial charge in [-0.05, 0) is 38.4 Å². The Labute approximate surface area is 119 Å². The molecule has 1 heterocycles. The van der Waals surface area contributed by atoms with Crippen LogP contribution in [0.25, 0.3) is 0 Å². The quantitative estimate of drug-likeness (QED) is 0.811. The Hall–Kier alpha value is -1.72. The van der Waals surface area contributed by atoms with E-state index in [1.54, 1.807) is 24.3 Å². The van der Waals surface area contributed by atoms with Crippen molar-refractivity contribution in [2.75, 3.05) is 25.0 Å². The first-order valence-corrected chi connectivity index (χ1v) is 6.93. The molecule has 1 fully saturated rings. The van der Waals surface area contributed by atoms with E-state index < -0.39 is 0 Å². The number of nitrogens with zero attached hydrogens (tertiary/aromatic N) is 1. The average Bonchev–Trinajstić information content (AvgIpc) is 2.38. The molecule has 1 amide bonds. The van der Waals surface area contributed by atoms with Crippen molar-refractivity contribution in [1.82, 2.24) is 4.90 Å². The minimum atomic E-state index is -0.0696. The van der Waals surface area contributed by atoms with Crippen LogP contribution in [-0.2, 0) is 4.79 Å². The second-order valence-corrected chi connectivity index (χ2v) is 5.32. The summed E-state index contributed by atoms with van der Waals surface area (Å²) < 4.78 is 0. The van der Waals surface area contributed by atoms with Crippen molar-refractivity contribution in [3.05, 3.63) is 29.8 Å². The number of hydrogen-bond acceptors (Lipinski definition) is 4. The van der Waals surface area contributed by atoms with E-state index in [1.807, 2.05) is 0 Å². The van der Waals surface area contributed by atoms with Gasteiger partial charge in [-0.3, -0.25) is 14.5 Å². The standard InChI is InChI=1S/C15H21N3O2/c1-11(19)12-4-2-6-14(8-12)17-15(20)10-18-7-3-5-13(16)9-18/h2,4,6,8,13H,3,5,7,9-10,16H2,1H3,(H,17,20). The summed E-state index contributed by atoms with van der Waals surface area (Å²) in [4.78, 5) is 25.4. The van der Waals surface area contributed by atoms with Gasteiger partial charge in [0.1, 0.15) is 0 Å². The normalized spacial score (nSPS) is 19.6. The number of amides is 1. The van der Waals surface area contributed by atoms with Gasteiger partial charge in [0.05, 0.1) is 6.54 Å². The van der Waals surface area contributed by atoms with Crippen LogP contribution >= 0.6 is 0 Å². The van der Waals surface area contributed by atoms with Gasteiger partial charge in [0.15, 0.2) is 5.78 Å². The molecule has 5 nitrogen and oxygen atoms in total. The molecule has 108 valence electrons. The van der Waals surface area contributed by atoms with Crippen LogP contribution in [0.4, 0.5) is 5.69 Å². The van der Waals surface area contributed by atoms with Gasteiger partial charge < -0.3 is 11.1 Å². The van der Waals surface area contributed by atoms with Crippen LogP contribution in [0.3, 0.4) is 0 Å². The molecule has 0 saturated carbocycles. The van der Waals surface area contributed by atoms with Gasteiger partial charge >= 0.3 is 0 Å². The monoisotopic (exact) mass is 275 g/mol. The number of nitrogens with one attached hydrogen (secondary N) is 1. The maximum absolute atomic E-state index is 12.0. The summed E-state index contributed by atoms with van der Waals surface area (Å²) in [5, 5.41) is 2.83. The molecule has 20 heavy (non-hydrogen) atoms. The lowest BCUT2D eigenvalue weighted by Gasteiger charge is -2.29. The van der Waals surface area contributed by atoms with Crippen molar-refractivity contribution in [2.45, 2.75) is 25.8 Å². The number of nitrogens with two attached hydrogens (primary N) is 1. The lowest BCUT2D eigenvalue weighted by Crippen LogP contribution is -2.45. The van der Waals surface area contributed by atoms with Gasteiger partial charge in [-0.1, -0.05) is 12.1 Å². The molecule has 1 saturated heterocycles. The number of piperidine rings is 1. The number of ketones is 1. The molecule has 0 aliphatic carbocycles. The molecule has 0 radical (unpaired) electrons. The minimum absolute atomic E-state index is 0.0110. The molecular weight excluding hydrogens is 254 g/mol. The lowest BCUT2D eigenvalue weighted by atomic mass is 10.1. The van der Waals surface area contributed by atoms with E-state index in [9.17, 15) is 9.59 Å². The van der Waals surface area contributed by atoms with Gasteiger partial charge in [-0.2, -0.15) is 0 Å². The van der Waals surface area contributed by atoms with E-state index in [4.69, 9.17) is 5.73 Å². The van der Waals surface area contributed by atoms with Crippen LogP contribution in [0.15, 0.2) is 24.3 Å². The van der Waals surface area contributed by atoms with Crippen LogP contribution < -0.4 is 11.1 Å².